The highest BCUT2D eigenvalue weighted by molar-refractivity contribution is 6.01. The Labute approximate surface area is 194 Å². The lowest BCUT2D eigenvalue weighted by Crippen LogP contribution is -2.44. The van der Waals surface area contributed by atoms with Crippen molar-refractivity contribution in [2.24, 2.45) is 11.3 Å². The molecule has 1 aromatic heterocycles. The zero-order valence-electron chi connectivity index (χ0n) is 19.5. The number of nitrogens with one attached hydrogen (secondary N) is 3. The lowest BCUT2D eigenvalue weighted by Gasteiger charge is -2.33. The second kappa shape index (κ2) is 9.03. The van der Waals surface area contributed by atoms with E-state index in [1.807, 2.05) is 6.92 Å². The van der Waals surface area contributed by atoms with E-state index in [1.165, 1.54) is 12.8 Å². The van der Waals surface area contributed by atoms with E-state index in [4.69, 9.17) is 5.26 Å². The van der Waals surface area contributed by atoms with Crippen LogP contribution in [0.3, 0.4) is 0 Å². The molecule has 174 valence electrons. The number of amides is 2. The minimum Gasteiger partial charge on any atom is -0.388 e. The molecule has 0 aliphatic heterocycles. The fourth-order valence-corrected chi connectivity index (χ4v) is 4.83. The molecule has 33 heavy (non-hydrogen) atoms. The standard InChI is InChI=1S/C26H32N4O3/c1-15-22-20(12-26(2,3)13-21(22)31)29-23(15)25(33)30-19(11-8-16-4-5-16)24(32)28-18-9-6-17(14-27)7-10-18/h6-7,9-10,16,19,21,29,31H,4-5,8,11-13H2,1-3H3,(H,28,32)(H,30,33). The van der Waals surface area contributed by atoms with Crippen molar-refractivity contribution >= 4 is 17.5 Å². The molecule has 0 radical (unpaired) electrons. The summed E-state index contributed by atoms with van der Waals surface area (Å²) in [5.74, 6) is 0.0237. The molecule has 1 heterocycles. The van der Waals surface area contributed by atoms with Crippen LogP contribution in [0.25, 0.3) is 0 Å². The Hall–Kier alpha value is -3.11. The Bertz CT molecular complexity index is 1090. The van der Waals surface area contributed by atoms with Crippen molar-refractivity contribution in [1.29, 1.82) is 5.26 Å². The van der Waals surface area contributed by atoms with Gasteiger partial charge in [-0.3, -0.25) is 9.59 Å². The van der Waals surface area contributed by atoms with Gasteiger partial charge in [0.05, 0.1) is 17.7 Å². The van der Waals surface area contributed by atoms with E-state index in [-0.39, 0.29) is 17.2 Å². The summed E-state index contributed by atoms with van der Waals surface area (Å²) >= 11 is 0. The van der Waals surface area contributed by atoms with Crippen molar-refractivity contribution in [3.63, 3.8) is 0 Å². The van der Waals surface area contributed by atoms with Gasteiger partial charge in [-0.05, 0) is 73.8 Å². The minimum absolute atomic E-state index is 0.0504. The molecule has 1 saturated carbocycles. The quantitative estimate of drug-likeness (QED) is 0.509. The highest BCUT2D eigenvalue weighted by atomic mass is 16.3. The molecular formula is C26H32N4O3. The lowest BCUT2D eigenvalue weighted by atomic mass is 9.75. The van der Waals surface area contributed by atoms with Gasteiger partial charge in [0.1, 0.15) is 11.7 Å². The van der Waals surface area contributed by atoms with Gasteiger partial charge in [0.25, 0.3) is 5.91 Å². The summed E-state index contributed by atoms with van der Waals surface area (Å²) in [5.41, 5.74) is 3.93. The molecule has 7 nitrogen and oxygen atoms in total. The van der Waals surface area contributed by atoms with E-state index in [0.717, 1.165) is 29.7 Å². The zero-order chi connectivity index (χ0) is 23.8. The fraction of sp³-hybridized carbons (Fsp3) is 0.500. The molecule has 1 fully saturated rings. The lowest BCUT2D eigenvalue weighted by molar-refractivity contribution is -0.118. The topological polar surface area (TPSA) is 118 Å². The van der Waals surface area contributed by atoms with Crippen LogP contribution < -0.4 is 10.6 Å². The van der Waals surface area contributed by atoms with E-state index < -0.39 is 12.1 Å². The Morgan fingerprint density at radius 3 is 2.61 bits per heavy atom. The van der Waals surface area contributed by atoms with Crippen molar-refractivity contribution < 1.29 is 14.7 Å². The number of H-pyrrole nitrogens is 1. The summed E-state index contributed by atoms with van der Waals surface area (Å²) in [6.07, 6.45) is 4.61. The molecule has 1 aromatic carbocycles. The molecule has 4 rings (SSSR count). The number of hydrogen-bond donors (Lipinski definition) is 4. The van der Waals surface area contributed by atoms with Crippen molar-refractivity contribution in [2.75, 3.05) is 5.32 Å². The second-order valence-corrected chi connectivity index (χ2v) is 10.3. The van der Waals surface area contributed by atoms with Gasteiger partial charge in [-0.1, -0.05) is 26.7 Å². The maximum atomic E-state index is 13.2. The molecule has 7 heteroatoms. The number of anilines is 1. The largest absolute Gasteiger partial charge is 0.388 e. The van der Waals surface area contributed by atoms with Gasteiger partial charge in [-0.25, -0.2) is 0 Å². The number of nitriles is 1. The number of fused-ring (bicyclic) bond motifs is 1. The maximum Gasteiger partial charge on any atom is 0.268 e. The molecule has 2 aliphatic carbocycles. The highest BCUT2D eigenvalue weighted by Gasteiger charge is 2.36. The van der Waals surface area contributed by atoms with Crippen molar-refractivity contribution in [2.45, 2.75) is 71.4 Å². The number of carbonyl (C=O) groups excluding carboxylic acids is 2. The normalized spacial score (nSPS) is 19.8. The molecule has 2 aromatic rings. The molecule has 0 bridgehead atoms. The van der Waals surface area contributed by atoms with E-state index in [9.17, 15) is 14.7 Å². The van der Waals surface area contributed by atoms with Gasteiger partial charge >= 0.3 is 0 Å². The number of carbonyl (C=O) groups is 2. The van der Waals surface area contributed by atoms with Gasteiger partial charge in [-0.2, -0.15) is 5.26 Å². The number of aromatic nitrogens is 1. The number of hydrogen-bond acceptors (Lipinski definition) is 4. The third kappa shape index (κ3) is 5.28. The summed E-state index contributed by atoms with van der Waals surface area (Å²) < 4.78 is 0. The van der Waals surface area contributed by atoms with E-state index in [2.05, 4.69) is 35.5 Å². The zero-order valence-corrected chi connectivity index (χ0v) is 19.5. The molecule has 0 saturated heterocycles. The first-order chi connectivity index (χ1) is 15.7. The summed E-state index contributed by atoms with van der Waals surface area (Å²) in [4.78, 5) is 29.5. The SMILES string of the molecule is Cc1c(C(=O)NC(CCC2CC2)C(=O)Nc2ccc(C#N)cc2)[nH]c2c1C(O)CC(C)(C)C2. The molecular weight excluding hydrogens is 416 g/mol. The summed E-state index contributed by atoms with van der Waals surface area (Å²) in [6, 6.07) is 8.04. The van der Waals surface area contributed by atoms with Gasteiger partial charge < -0.3 is 20.7 Å². The smallest absolute Gasteiger partial charge is 0.268 e. The van der Waals surface area contributed by atoms with E-state index in [0.29, 0.717) is 35.7 Å². The van der Waals surface area contributed by atoms with Gasteiger partial charge in [0.15, 0.2) is 0 Å². The summed E-state index contributed by atoms with van der Waals surface area (Å²) in [6.45, 7) is 6.06. The highest BCUT2D eigenvalue weighted by Crippen LogP contribution is 2.42. The van der Waals surface area contributed by atoms with Gasteiger partial charge in [-0.15, -0.1) is 0 Å². The number of benzene rings is 1. The number of aromatic amines is 1. The number of rotatable bonds is 7. The Kier molecular flexibility index (Phi) is 6.31. The molecule has 2 atom stereocenters. The molecule has 2 unspecified atom stereocenters. The predicted molar refractivity (Wildman–Crippen MR) is 126 cm³/mol. The third-order valence-electron chi connectivity index (χ3n) is 6.81. The van der Waals surface area contributed by atoms with Crippen LogP contribution in [-0.4, -0.2) is 27.9 Å². The van der Waals surface area contributed by atoms with Crippen molar-refractivity contribution in [1.82, 2.24) is 10.3 Å². The van der Waals surface area contributed by atoms with Crippen LogP contribution in [0.5, 0.6) is 0 Å². The Morgan fingerprint density at radius 1 is 1.27 bits per heavy atom. The first-order valence-electron chi connectivity index (χ1n) is 11.7. The first-order valence-corrected chi connectivity index (χ1v) is 11.7. The minimum atomic E-state index is -0.671. The average molecular weight is 449 g/mol. The molecule has 4 N–H and O–H groups in total. The van der Waals surface area contributed by atoms with Crippen LogP contribution >= 0.6 is 0 Å². The third-order valence-corrected chi connectivity index (χ3v) is 6.81. The summed E-state index contributed by atoms with van der Waals surface area (Å²) in [5, 5.41) is 25.4. The summed E-state index contributed by atoms with van der Waals surface area (Å²) in [7, 11) is 0. The predicted octanol–water partition coefficient (Wildman–Crippen LogP) is 4.13. The van der Waals surface area contributed by atoms with Crippen LogP contribution in [-0.2, 0) is 11.2 Å². The van der Waals surface area contributed by atoms with E-state index >= 15 is 0 Å². The monoisotopic (exact) mass is 448 g/mol. The van der Waals surface area contributed by atoms with Gasteiger partial charge in [0.2, 0.25) is 5.91 Å². The van der Waals surface area contributed by atoms with Crippen LogP contribution in [0.4, 0.5) is 5.69 Å². The maximum absolute atomic E-state index is 13.2. The van der Waals surface area contributed by atoms with Crippen LogP contribution in [0.1, 0.15) is 84.9 Å². The van der Waals surface area contributed by atoms with Crippen molar-refractivity contribution in [3.05, 3.63) is 52.3 Å². The number of aliphatic hydroxyl groups is 1. The van der Waals surface area contributed by atoms with E-state index in [1.54, 1.807) is 24.3 Å². The van der Waals surface area contributed by atoms with Crippen LogP contribution in [0, 0.1) is 29.6 Å². The average Bonchev–Trinajstić information content (AvgIpc) is 3.52. The van der Waals surface area contributed by atoms with Crippen LogP contribution in [0.2, 0.25) is 0 Å². The second-order valence-electron chi connectivity index (χ2n) is 10.3. The molecule has 2 amide bonds. The van der Waals surface area contributed by atoms with Crippen molar-refractivity contribution in [3.8, 4) is 6.07 Å². The van der Waals surface area contributed by atoms with Gasteiger partial charge in [0, 0.05) is 16.9 Å². The fourth-order valence-electron chi connectivity index (χ4n) is 4.83. The Morgan fingerprint density at radius 2 is 1.97 bits per heavy atom. The molecule has 0 spiro atoms. The number of aliphatic hydroxyl groups excluding tert-OH is 1. The number of nitrogens with zero attached hydrogens (tertiary/aromatic N) is 1. The Balaban J connectivity index is 1.50. The first kappa shape index (κ1) is 23.1. The molecule has 2 aliphatic rings. The van der Waals surface area contributed by atoms with Crippen LogP contribution in [0.15, 0.2) is 24.3 Å².